The second-order valence-corrected chi connectivity index (χ2v) is 9.71. The van der Waals surface area contributed by atoms with Crippen molar-refractivity contribution in [3.63, 3.8) is 0 Å². The van der Waals surface area contributed by atoms with Crippen molar-refractivity contribution >= 4 is 23.7 Å². The van der Waals surface area contributed by atoms with Gasteiger partial charge in [-0.25, -0.2) is 4.39 Å². The number of ether oxygens (including phenoxy) is 2. The fourth-order valence-electron chi connectivity index (χ4n) is 5.27. The number of aromatic nitrogens is 1. The van der Waals surface area contributed by atoms with E-state index < -0.39 is 0 Å². The highest BCUT2D eigenvalue weighted by Crippen LogP contribution is 2.51. The summed E-state index contributed by atoms with van der Waals surface area (Å²) in [7, 11) is 0. The van der Waals surface area contributed by atoms with E-state index in [-0.39, 0.29) is 28.6 Å². The largest absolute Gasteiger partial charge is 0.488 e. The Hall–Kier alpha value is -2.71. The highest BCUT2D eigenvalue weighted by Gasteiger charge is 2.53. The average Bonchev–Trinajstić information content (AvgIpc) is 2.74. The molecule has 1 aliphatic carbocycles. The van der Waals surface area contributed by atoms with Crippen LogP contribution in [0.2, 0.25) is 5.02 Å². The highest BCUT2D eigenvalue weighted by molar-refractivity contribution is 6.34. The first kappa shape index (κ1) is 22.1. The van der Waals surface area contributed by atoms with Crippen molar-refractivity contribution in [1.29, 1.82) is 10.8 Å². The van der Waals surface area contributed by atoms with Crippen LogP contribution in [-0.4, -0.2) is 53.9 Å². The molecule has 2 fully saturated rings. The molecular weight excluding hydrogens is 447 g/mol. The van der Waals surface area contributed by atoms with Gasteiger partial charge >= 0.3 is 0 Å². The predicted molar refractivity (Wildman–Crippen MR) is 121 cm³/mol. The molecule has 0 amide bonds. The molecule has 174 valence electrons. The van der Waals surface area contributed by atoms with Gasteiger partial charge in [-0.2, -0.15) is 0 Å². The number of rotatable bonds is 7. The van der Waals surface area contributed by atoms with Crippen LogP contribution in [-0.2, 0) is 6.42 Å². The number of halogens is 2. The van der Waals surface area contributed by atoms with Gasteiger partial charge in [0, 0.05) is 31.1 Å². The van der Waals surface area contributed by atoms with Gasteiger partial charge in [0.2, 0.25) is 0 Å². The number of benzene rings is 1. The van der Waals surface area contributed by atoms with Crippen molar-refractivity contribution in [2.45, 2.75) is 38.2 Å². The van der Waals surface area contributed by atoms with Crippen molar-refractivity contribution in [2.24, 2.45) is 5.41 Å². The van der Waals surface area contributed by atoms with E-state index in [9.17, 15) is 9.18 Å². The van der Waals surface area contributed by atoms with E-state index in [4.69, 9.17) is 31.9 Å². The van der Waals surface area contributed by atoms with Gasteiger partial charge in [0.1, 0.15) is 17.4 Å². The van der Waals surface area contributed by atoms with E-state index >= 15 is 0 Å². The third kappa shape index (κ3) is 4.17. The number of pyridine rings is 1. The average molecular weight is 473 g/mol. The van der Waals surface area contributed by atoms with Crippen molar-refractivity contribution in [2.75, 3.05) is 26.2 Å². The standard InChI is InChI=1S/C24H26ClFN4O3/c25-17-3-4-20(23-22(17)19(31)5-7-32-23)33-16-9-24(10-16)12-29(13-24)6-1-2-15-8-21(28)30(14-27)11-18(15)26/h3-4,8,11,14,16,27-28H,1-2,5-7,9-10,12-13H2. The second kappa shape index (κ2) is 8.57. The summed E-state index contributed by atoms with van der Waals surface area (Å²) in [5.74, 6) is 0.699. The Labute approximate surface area is 196 Å². The number of carbonyl (C=O) groups excluding carboxylic acids is 1. The van der Waals surface area contributed by atoms with Crippen molar-refractivity contribution in [3.8, 4) is 11.5 Å². The predicted octanol–water partition coefficient (Wildman–Crippen LogP) is 3.66. The molecule has 2 aromatic rings. The smallest absolute Gasteiger partial charge is 0.173 e. The van der Waals surface area contributed by atoms with Gasteiger partial charge in [0.25, 0.3) is 0 Å². The number of aryl methyl sites for hydroxylation is 1. The van der Waals surface area contributed by atoms with Crippen LogP contribution in [0.1, 0.15) is 41.6 Å². The minimum Gasteiger partial charge on any atom is -0.488 e. The molecule has 7 nitrogen and oxygen atoms in total. The van der Waals surface area contributed by atoms with E-state index in [0.29, 0.717) is 47.1 Å². The molecule has 5 rings (SSSR count). The zero-order valence-electron chi connectivity index (χ0n) is 18.2. The molecule has 1 aromatic heterocycles. The number of nitrogens with one attached hydrogen (secondary N) is 2. The highest BCUT2D eigenvalue weighted by atomic mass is 35.5. The van der Waals surface area contributed by atoms with E-state index in [0.717, 1.165) is 49.8 Å². The number of nitrogens with zero attached hydrogens (tertiary/aromatic N) is 2. The minimum atomic E-state index is -0.372. The number of hydrogen-bond acceptors (Lipinski definition) is 6. The fourth-order valence-corrected chi connectivity index (χ4v) is 5.52. The summed E-state index contributed by atoms with van der Waals surface area (Å²) in [6.07, 6.45) is 5.89. The molecule has 3 aliphatic rings. The van der Waals surface area contributed by atoms with Crippen molar-refractivity contribution in [3.05, 3.63) is 51.9 Å². The summed E-state index contributed by atoms with van der Waals surface area (Å²) < 4.78 is 27.1. The maximum atomic E-state index is 14.1. The first-order valence-electron chi connectivity index (χ1n) is 11.2. The number of fused-ring (bicyclic) bond motifs is 1. The molecule has 0 radical (unpaired) electrons. The molecule has 1 saturated heterocycles. The molecule has 0 unspecified atom stereocenters. The number of ketones is 1. The van der Waals surface area contributed by atoms with Crippen LogP contribution < -0.4 is 15.0 Å². The maximum Gasteiger partial charge on any atom is 0.173 e. The van der Waals surface area contributed by atoms with Crippen molar-refractivity contribution < 1.29 is 18.7 Å². The molecule has 2 N–H and O–H groups in total. The molecular formula is C24H26ClFN4O3. The fraction of sp³-hybridized carbons (Fsp3) is 0.458. The Morgan fingerprint density at radius 3 is 2.88 bits per heavy atom. The van der Waals surface area contributed by atoms with Gasteiger partial charge in [-0.15, -0.1) is 0 Å². The summed E-state index contributed by atoms with van der Waals surface area (Å²) in [5, 5.41) is 15.4. The molecule has 3 heterocycles. The van der Waals surface area contributed by atoms with E-state index in [1.165, 1.54) is 12.3 Å². The Balaban J connectivity index is 1.09. The topological polar surface area (TPSA) is 91.4 Å². The maximum absolute atomic E-state index is 14.1. The quantitative estimate of drug-likeness (QED) is 0.475. The monoisotopic (exact) mass is 472 g/mol. The lowest BCUT2D eigenvalue weighted by molar-refractivity contribution is -0.119. The third-order valence-corrected chi connectivity index (χ3v) is 7.18. The molecule has 0 bridgehead atoms. The summed E-state index contributed by atoms with van der Waals surface area (Å²) >= 11 is 6.20. The summed E-state index contributed by atoms with van der Waals surface area (Å²) in [4.78, 5) is 14.6. The first-order chi connectivity index (χ1) is 15.9. The summed E-state index contributed by atoms with van der Waals surface area (Å²) in [6, 6.07) is 4.98. The lowest BCUT2D eigenvalue weighted by Gasteiger charge is -2.58. The van der Waals surface area contributed by atoms with Crippen LogP contribution in [0.4, 0.5) is 4.39 Å². The lowest BCUT2D eigenvalue weighted by atomic mass is 9.61. The Morgan fingerprint density at radius 1 is 1.33 bits per heavy atom. The Morgan fingerprint density at radius 2 is 2.12 bits per heavy atom. The Bertz CT molecular complexity index is 1170. The van der Waals surface area contributed by atoms with Gasteiger partial charge in [-0.1, -0.05) is 11.6 Å². The minimum absolute atomic E-state index is 0.00494. The summed E-state index contributed by atoms with van der Waals surface area (Å²) in [6.45, 7) is 3.26. The van der Waals surface area contributed by atoms with Crippen LogP contribution in [0.5, 0.6) is 11.5 Å². The molecule has 33 heavy (non-hydrogen) atoms. The number of carbonyl (C=O) groups is 1. The van der Waals surface area contributed by atoms with E-state index in [1.54, 1.807) is 12.1 Å². The van der Waals surface area contributed by atoms with Crippen LogP contribution in [0.25, 0.3) is 0 Å². The number of Topliss-reactive ketones (excluding diaryl/α,β-unsaturated/α-hetero) is 1. The van der Waals surface area contributed by atoms with Crippen LogP contribution in [0.3, 0.4) is 0 Å². The van der Waals surface area contributed by atoms with E-state index in [1.807, 2.05) is 0 Å². The SMILES string of the molecule is N=Cn1cc(F)c(CCCN2CC3(CC(Oc4ccc(Cl)c5c4OCCC5=O)C3)C2)cc1=N. The molecule has 1 spiro atoms. The zero-order chi connectivity index (χ0) is 23.2. The van der Waals surface area contributed by atoms with Gasteiger partial charge in [0.05, 0.1) is 23.5 Å². The molecule has 2 aliphatic heterocycles. The lowest BCUT2D eigenvalue weighted by Crippen LogP contribution is -2.64. The van der Waals surface area contributed by atoms with E-state index in [2.05, 4.69) is 4.90 Å². The molecule has 1 aromatic carbocycles. The van der Waals surface area contributed by atoms with Gasteiger partial charge in [-0.3, -0.25) is 20.2 Å². The van der Waals surface area contributed by atoms with Gasteiger partial charge < -0.3 is 14.4 Å². The molecule has 0 atom stereocenters. The zero-order valence-corrected chi connectivity index (χ0v) is 19.0. The van der Waals surface area contributed by atoms with Crippen molar-refractivity contribution in [1.82, 2.24) is 9.47 Å². The summed E-state index contributed by atoms with van der Waals surface area (Å²) in [5.41, 5.74) is 1.36. The normalized spacial score (nSPS) is 19.4. The third-order valence-electron chi connectivity index (χ3n) is 6.87. The second-order valence-electron chi connectivity index (χ2n) is 9.30. The van der Waals surface area contributed by atoms with Gasteiger partial charge in [-0.05, 0) is 56.0 Å². The molecule has 9 heteroatoms. The number of hydrogen-bond donors (Lipinski definition) is 2. The van der Waals surface area contributed by atoms with Gasteiger partial charge in [0.15, 0.2) is 17.3 Å². The Kier molecular flexibility index (Phi) is 5.74. The van der Waals surface area contributed by atoms with Crippen LogP contribution in [0.15, 0.2) is 24.4 Å². The number of likely N-dealkylation sites (tertiary alicyclic amines) is 1. The molecule has 1 saturated carbocycles. The van der Waals surface area contributed by atoms with Crippen LogP contribution in [0, 0.1) is 22.1 Å². The van der Waals surface area contributed by atoms with Crippen LogP contribution >= 0.6 is 11.6 Å². The first-order valence-corrected chi connectivity index (χ1v) is 11.6.